The van der Waals surface area contributed by atoms with E-state index in [1.807, 2.05) is 6.20 Å². The quantitative estimate of drug-likeness (QED) is 0.531. The van der Waals surface area contributed by atoms with Gasteiger partial charge in [0, 0.05) is 51.5 Å². The lowest BCUT2D eigenvalue weighted by Crippen LogP contribution is -2.48. The van der Waals surface area contributed by atoms with Gasteiger partial charge >= 0.3 is 0 Å². The number of rotatable bonds is 7. The summed E-state index contributed by atoms with van der Waals surface area (Å²) in [6.45, 7) is 9.17. The number of nitrogens with zero attached hydrogens (tertiary/aromatic N) is 4. The molecule has 0 amide bonds. The lowest BCUT2D eigenvalue weighted by atomic mass is 10.0. The number of aromatic nitrogens is 1. The molecule has 6 nitrogen and oxygen atoms in total. The van der Waals surface area contributed by atoms with E-state index in [1.165, 1.54) is 18.4 Å². The standard InChI is InChI=1S/C25H36N6/c1-2-26-25(28-19-22-10-11-24(27-18-22)31-14-6-7-15-31)29-23-12-16-30(17-13-23)20-21-8-4-3-5-9-21/h3-5,8-11,18,23H,2,6-7,12-17,19-20H2,1H3,(H2,26,28,29). The van der Waals surface area contributed by atoms with Crippen molar-refractivity contribution in [3.8, 4) is 0 Å². The zero-order chi connectivity index (χ0) is 21.3. The van der Waals surface area contributed by atoms with Gasteiger partial charge in [0.25, 0.3) is 0 Å². The maximum Gasteiger partial charge on any atom is 0.191 e. The Labute approximate surface area is 186 Å². The van der Waals surface area contributed by atoms with Gasteiger partial charge in [0.05, 0.1) is 6.54 Å². The van der Waals surface area contributed by atoms with Crippen molar-refractivity contribution in [2.45, 2.75) is 51.7 Å². The Morgan fingerprint density at radius 2 is 1.77 bits per heavy atom. The number of piperidine rings is 1. The maximum atomic E-state index is 4.82. The summed E-state index contributed by atoms with van der Waals surface area (Å²) in [5.74, 6) is 2.00. The van der Waals surface area contributed by atoms with Crippen LogP contribution in [0.3, 0.4) is 0 Å². The minimum Gasteiger partial charge on any atom is -0.357 e. The molecule has 1 aromatic heterocycles. The molecule has 4 rings (SSSR count). The number of hydrogen-bond acceptors (Lipinski definition) is 4. The maximum absolute atomic E-state index is 4.82. The first-order chi connectivity index (χ1) is 15.3. The Hall–Kier alpha value is -2.60. The minimum absolute atomic E-state index is 0.473. The van der Waals surface area contributed by atoms with Crippen LogP contribution in [0, 0.1) is 0 Å². The van der Waals surface area contributed by atoms with E-state index >= 15 is 0 Å². The Bertz CT molecular complexity index is 806. The van der Waals surface area contributed by atoms with Crippen LogP contribution in [0.15, 0.2) is 53.7 Å². The predicted molar refractivity (Wildman–Crippen MR) is 128 cm³/mol. The summed E-state index contributed by atoms with van der Waals surface area (Å²) in [7, 11) is 0. The molecule has 0 atom stereocenters. The highest BCUT2D eigenvalue weighted by Gasteiger charge is 2.20. The van der Waals surface area contributed by atoms with Crippen molar-refractivity contribution in [2.75, 3.05) is 37.6 Å². The molecule has 2 aromatic rings. The topological polar surface area (TPSA) is 55.8 Å². The number of aliphatic imine (C=N–C) groups is 1. The molecule has 166 valence electrons. The van der Waals surface area contributed by atoms with Crippen LogP contribution in [-0.4, -0.2) is 54.6 Å². The van der Waals surface area contributed by atoms with Crippen molar-refractivity contribution in [2.24, 2.45) is 4.99 Å². The molecule has 1 aromatic carbocycles. The number of anilines is 1. The Kier molecular flexibility index (Phi) is 7.77. The lowest BCUT2D eigenvalue weighted by molar-refractivity contribution is 0.198. The molecule has 0 unspecified atom stereocenters. The van der Waals surface area contributed by atoms with Crippen molar-refractivity contribution in [1.82, 2.24) is 20.5 Å². The van der Waals surface area contributed by atoms with Crippen LogP contribution in [0.4, 0.5) is 5.82 Å². The number of benzene rings is 1. The fourth-order valence-electron chi connectivity index (χ4n) is 4.40. The van der Waals surface area contributed by atoms with Gasteiger partial charge in [-0.15, -0.1) is 0 Å². The van der Waals surface area contributed by atoms with Crippen LogP contribution in [0.2, 0.25) is 0 Å². The average Bonchev–Trinajstić information content (AvgIpc) is 3.35. The Balaban J connectivity index is 1.26. The zero-order valence-electron chi connectivity index (χ0n) is 18.8. The van der Waals surface area contributed by atoms with Crippen LogP contribution in [0.5, 0.6) is 0 Å². The third kappa shape index (κ3) is 6.44. The first-order valence-electron chi connectivity index (χ1n) is 11.8. The molecule has 3 heterocycles. The number of nitrogens with one attached hydrogen (secondary N) is 2. The van der Waals surface area contributed by atoms with Gasteiger partial charge in [0.1, 0.15) is 5.82 Å². The van der Waals surface area contributed by atoms with Gasteiger partial charge < -0.3 is 15.5 Å². The van der Waals surface area contributed by atoms with Crippen molar-refractivity contribution in [3.05, 3.63) is 59.8 Å². The van der Waals surface area contributed by atoms with E-state index in [2.05, 4.69) is 74.8 Å². The van der Waals surface area contributed by atoms with Crippen LogP contribution < -0.4 is 15.5 Å². The smallest absolute Gasteiger partial charge is 0.191 e. The normalized spacial score (nSPS) is 18.4. The van der Waals surface area contributed by atoms with Crippen molar-refractivity contribution in [1.29, 1.82) is 0 Å². The van der Waals surface area contributed by atoms with E-state index in [0.717, 1.165) is 69.5 Å². The molecule has 2 aliphatic rings. The second-order valence-electron chi connectivity index (χ2n) is 8.59. The fraction of sp³-hybridized carbons (Fsp3) is 0.520. The molecular formula is C25H36N6. The largest absolute Gasteiger partial charge is 0.357 e. The number of pyridine rings is 1. The number of likely N-dealkylation sites (tertiary alicyclic amines) is 1. The molecule has 2 saturated heterocycles. The molecule has 6 heteroatoms. The fourth-order valence-corrected chi connectivity index (χ4v) is 4.40. The Morgan fingerprint density at radius 3 is 2.45 bits per heavy atom. The van der Waals surface area contributed by atoms with Gasteiger partial charge in [-0.2, -0.15) is 0 Å². The van der Waals surface area contributed by atoms with Crippen LogP contribution >= 0.6 is 0 Å². The summed E-state index contributed by atoms with van der Waals surface area (Å²) in [6, 6.07) is 15.5. The molecule has 2 fully saturated rings. The zero-order valence-corrected chi connectivity index (χ0v) is 18.8. The second kappa shape index (κ2) is 11.1. The number of hydrogen-bond donors (Lipinski definition) is 2. The van der Waals surface area contributed by atoms with Crippen molar-refractivity contribution in [3.63, 3.8) is 0 Å². The SMILES string of the molecule is CCNC(=NCc1ccc(N2CCCC2)nc1)NC1CCN(Cc2ccccc2)CC1. The highest BCUT2D eigenvalue weighted by Crippen LogP contribution is 2.18. The first kappa shape index (κ1) is 21.6. The first-order valence-corrected chi connectivity index (χ1v) is 11.8. The summed E-state index contributed by atoms with van der Waals surface area (Å²) < 4.78 is 0. The van der Waals surface area contributed by atoms with Crippen LogP contribution in [-0.2, 0) is 13.1 Å². The second-order valence-corrected chi connectivity index (χ2v) is 8.59. The van der Waals surface area contributed by atoms with Crippen LogP contribution in [0.25, 0.3) is 0 Å². The van der Waals surface area contributed by atoms with Gasteiger partial charge in [-0.1, -0.05) is 36.4 Å². The predicted octanol–water partition coefficient (Wildman–Crippen LogP) is 3.40. The molecule has 2 N–H and O–H groups in total. The Morgan fingerprint density at radius 1 is 1.00 bits per heavy atom. The van der Waals surface area contributed by atoms with Crippen molar-refractivity contribution >= 4 is 11.8 Å². The molecule has 2 aliphatic heterocycles. The monoisotopic (exact) mass is 420 g/mol. The minimum atomic E-state index is 0.473. The third-order valence-electron chi connectivity index (χ3n) is 6.18. The van der Waals surface area contributed by atoms with E-state index in [0.29, 0.717) is 12.6 Å². The highest BCUT2D eigenvalue weighted by atomic mass is 15.2. The summed E-state index contributed by atoms with van der Waals surface area (Å²) >= 11 is 0. The van der Waals surface area contributed by atoms with E-state index < -0.39 is 0 Å². The summed E-state index contributed by atoms with van der Waals surface area (Å²) in [4.78, 5) is 14.4. The average molecular weight is 421 g/mol. The number of guanidine groups is 1. The van der Waals surface area contributed by atoms with Gasteiger partial charge in [-0.05, 0) is 49.8 Å². The van der Waals surface area contributed by atoms with E-state index in [9.17, 15) is 0 Å². The van der Waals surface area contributed by atoms with Gasteiger partial charge in [-0.3, -0.25) is 4.90 Å². The van der Waals surface area contributed by atoms with Gasteiger partial charge in [-0.25, -0.2) is 9.98 Å². The van der Waals surface area contributed by atoms with Crippen LogP contribution in [0.1, 0.15) is 43.7 Å². The van der Waals surface area contributed by atoms with Gasteiger partial charge in [0.2, 0.25) is 0 Å². The van der Waals surface area contributed by atoms with E-state index in [1.54, 1.807) is 0 Å². The summed E-state index contributed by atoms with van der Waals surface area (Å²) in [5.41, 5.74) is 2.55. The van der Waals surface area contributed by atoms with Crippen molar-refractivity contribution < 1.29 is 0 Å². The molecule has 31 heavy (non-hydrogen) atoms. The summed E-state index contributed by atoms with van der Waals surface area (Å²) in [5, 5.41) is 7.06. The van der Waals surface area contributed by atoms with Gasteiger partial charge in [0.15, 0.2) is 5.96 Å². The molecule has 0 spiro atoms. The molecule has 0 radical (unpaired) electrons. The lowest BCUT2D eigenvalue weighted by Gasteiger charge is -2.33. The molecule has 0 bridgehead atoms. The molecular weight excluding hydrogens is 384 g/mol. The third-order valence-corrected chi connectivity index (χ3v) is 6.18. The summed E-state index contributed by atoms with van der Waals surface area (Å²) in [6.07, 6.45) is 6.81. The van der Waals surface area contributed by atoms with E-state index in [-0.39, 0.29) is 0 Å². The van der Waals surface area contributed by atoms with E-state index in [4.69, 9.17) is 4.99 Å². The molecule has 0 aliphatic carbocycles. The molecule has 0 saturated carbocycles. The highest BCUT2D eigenvalue weighted by molar-refractivity contribution is 5.80.